The number of hydrogen-bond acceptors (Lipinski definition) is 4. The molecule has 3 nitrogen and oxygen atoms in total. The molecular weight excluding hydrogens is 462 g/mol. The second kappa shape index (κ2) is 8.73. The lowest BCUT2D eigenvalue weighted by atomic mass is 9.84. The molecule has 0 N–H and O–H groups in total. The fraction of sp³-hybridized carbons (Fsp3) is 0.423. The second-order valence-corrected chi connectivity index (χ2v) is 10.9. The Labute approximate surface area is 202 Å². The Morgan fingerprint density at radius 1 is 1.18 bits per heavy atom. The number of aliphatic imine (C=N–C) groups is 1. The van der Waals surface area contributed by atoms with E-state index in [1.165, 1.54) is 39.7 Å². The highest BCUT2D eigenvalue weighted by Gasteiger charge is 2.51. The minimum atomic E-state index is -2.97. The van der Waals surface area contributed by atoms with E-state index in [1.54, 1.807) is 0 Å². The number of aryl methyl sites for hydroxylation is 1. The van der Waals surface area contributed by atoms with Gasteiger partial charge in [0.2, 0.25) is 0 Å². The average molecular weight is 489 g/mol. The highest BCUT2D eigenvalue weighted by molar-refractivity contribution is 7.16. The Morgan fingerprint density at radius 3 is 2.70 bits per heavy atom. The van der Waals surface area contributed by atoms with Crippen molar-refractivity contribution in [3.63, 3.8) is 0 Å². The zero-order chi connectivity index (χ0) is 23.2. The van der Waals surface area contributed by atoms with Crippen LogP contribution in [-0.2, 0) is 16.3 Å². The lowest BCUT2D eigenvalue weighted by Gasteiger charge is -2.45. The van der Waals surface area contributed by atoms with E-state index < -0.39 is 18.1 Å². The molecule has 0 unspecified atom stereocenters. The lowest BCUT2D eigenvalue weighted by molar-refractivity contribution is -0.181. The van der Waals surface area contributed by atoms with Gasteiger partial charge in [0.1, 0.15) is 12.2 Å². The molecule has 1 saturated heterocycles. The molecule has 1 aromatic heterocycles. The van der Waals surface area contributed by atoms with Crippen LogP contribution in [0.4, 0.5) is 8.78 Å². The summed E-state index contributed by atoms with van der Waals surface area (Å²) in [7, 11) is 0. The van der Waals surface area contributed by atoms with Crippen LogP contribution in [0.1, 0.15) is 47.8 Å². The van der Waals surface area contributed by atoms with Crippen LogP contribution < -0.4 is 0 Å². The number of piperidine rings is 1. The SMILES string of the molecule is CC1=NC=C(c2ccccc2C)CC=C1CN1CCC2(CC1)OCC(F)(F)c1cc(Cl)sc12. The van der Waals surface area contributed by atoms with Crippen LogP contribution in [0, 0.1) is 6.92 Å². The number of thiophene rings is 1. The first-order valence-electron chi connectivity index (χ1n) is 11.3. The minimum Gasteiger partial charge on any atom is -0.363 e. The summed E-state index contributed by atoms with van der Waals surface area (Å²) in [5.74, 6) is -2.97. The second-order valence-electron chi connectivity index (χ2n) is 9.17. The first-order valence-corrected chi connectivity index (χ1v) is 12.5. The highest BCUT2D eigenvalue weighted by atomic mass is 35.5. The van der Waals surface area contributed by atoms with Gasteiger partial charge in [-0.2, -0.15) is 8.78 Å². The summed E-state index contributed by atoms with van der Waals surface area (Å²) in [5.41, 5.74) is 5.37. The summed E-state index contributed by atoms with van der Waals surface area (Å²) in [6.45, 7) is 5.97. The van der Waals surface area contributed by atoms with Crippen molar-refractivity contribution in [2.75, 3.05) is 26.2 Å². The van der Waals surface area contributed by atoms with E-state index >= 15 is 0 Å². The Hall–Kier alpha value is -1.86. The van der Waals surface area contributed by atoms with Gasteiger partial charge in [-0.25, -0.2) is 0 Å². The fourth-order valence-corrected chi connectivity index (χ4v) is 6.49. The number of alkyl halides is 2. The van der Waals surface area contributed by atoms with Gasteiger partial charge in [-0.05, 0) is 61.4 Å². The largest absolute Gasteiger partial charge is 0.363 e. The predicted molar refractivity (Wildman–Crippen MR) is 131 cm³/mol. The quantitative estimate of drug-likeness (QED) is 0.466. The molecular formula is C26H27ClF2N2OS. The summed E-state index contributed by atoms with van der Waals surface area (Å²) < 4.78 is 35.0. The van der Waals surface area contributed by atoms with Gasteiger partial charge in [0.15, 0.2) is 0 Å². The maximum absolute atomic E-state index is 14.4. The van der Waals surface area contributed by atoms with Crippen LogP contribution in [0.5, 0.6) is 0 Å². The average Bonchev–Trinajstić information content (AvgIpc) is 3.13. The maximum Gasteiger partial charge on any atom is 0.297 e. The van der Waals surface area contributed by atoms with Gasteiger partial charge in [-0.3, -0.25) is 9.89 Å². The summed E-state index contributed by atoms with van der Waals surface area (Å²) in [5, 5.41) is 0. The van der Waals surface area contributed by atoms with Crippen molar-refractivity contribution in [1.82, 2.24) is 4.90 Å². The number of nitrogens with zero attached hydrogens (tertiary/aromatic N) is 2. The number of hydrogen-bond donors (Lipinski definition) is 0. The van der Waals surface area contributed by atoms with Crippen LogP contribution in [0.2, 0.25) is 4.34 Å². The molecule has 174 valence electrons. The first kappa shape index (κ1) is 22.9. The third-order valence-electron chi connectivity index (χ3n) is 7.04. The maximum atomic E-state index is 14.4. The summed E-state index contributed by atoms with van der Waals surface area (Å²) in [6.07, 6.45) is 6.48. The number of likely N-dealkylation sites (tertiary alicyclic amines) is 1. The Kier molecular flexibility index (Phi) is 6.06. The van der Waals surface area contributed by atoms with Gasteiger partial charge < -0.3 is 4.74 Å². The molecule has 0 amide bonds. The van der Waals surface area contributed by atoms with E-state index in [0.29, 0.717) is 22.1 Å². The van der Waals surface area contributed by atoms with Crippen LogP contribution in [0.3, 0.4) is 0 Å². The molecule has 3 aliphatic heterocycles. The number of halogens is 3. The van der Waals surface area contributed by atoms with Crippen molar-refractivity contribution in [2.45, 2.75) is 44.6 Å². The Morgan fingerprint density at radius 2 is 1.94 bits per heavy atom. The van der Waals surface area contributed by atoms with E-state index in [1.807, 2.05) is 6.20 Å². The molecule has 2 aromatic rings. The molecule has 1 spiro atoms. The zero-order valence-corrected chi connectivity index (χ0v) is 20.4. The normalized spacial score (nSPS) is 22.3. The predicted octanol–water partition coefficient (Wildman–Crippen LogP) is 6.96. The molecule has 0 saturated carbocycles. The molecule has 3 aliphatic rings. The van der Waals surface area contributed by atoms with Crippen molar-refractivity contribution in [2.24, 2.45) is 4.99 Å². The van der Waals surface area contributed by atoms with Gasteiger partial charge >= 0.3 is 0 Å². The summed E-state index contributed by atoms with van der Waals surface area (Å²) in [6, 6.07) is 9.82. The van der Waals surface area contributed by atoms with Crippen molar-refractivity contribution in [3.8, 4) is 0 Å². The third-order valence-corrected chi connectivity index (χ3v) is 8.48. The van der Waals surface area contributed by atoms with Gasteiger partial charge in [-0.1, -0.05) is 41.9 Å². The molecule has 7 heteroatoms. The number of fused-ring (bicyclic) bond motifs is 2. The van der Waals surface area contributed by atoms with Crippen molar-refractivity contribution in [3.05, 3.63) is 74.1 Å². The molecule has 0 atom stereocenters. The van der Waals surface area contributed by atoms with Gasteiger partial charge in [0.05, 0.1) is 4.34 Å². The fourth-order valence-electron chi connectivity index (χ4n) is 5.01. The van der Waals surface area contributed by atoms with Crippen LogP contribution >= 0.6 is 22.9 Å². The molecule has 33 heavy (non-hydrogen) atoms. The van der Waals surface area contributed by atoms with Crippen molar-refractivity contribution >= 4 is 34.2 Å². The molecule has 1 fully saturated rings. The van der Waals surface area contributed by atoms with Gasteiger partial charge in [0, 0.05) is 42.0 Å². The molecule has 0 bridgehead atoms. The molecule has 5 rings (SSSR count). The molecule has 1 aromatic carbocycles. The van der Waals surface area contributed by atoms with Crippen molar-refractivity contribution in [1.29, 1.82) is 0 Å². The number of allylic oxidation sites excluding steroid dienone is 2. The van der Waals surface area contributed by atoms with E-state index in [4.69, 9.17) is 21.3 Å². The number of ether oxygens (including phenoxy) is 1. The summed E-state index contributed by atoms with van der Waals surface area (Å²) >= 11 is 7.37. The smallest absolute Gasteiger partial charge is 0.297 e. The Balaban J connectivity index is 1.28. The van der Waals surface area contributed by atoms with E-state index in [0.717, 1.165) is 31.8 Å². The van der Waals surface area contributed by atoms with Crippen LogP contribution in [0.25, 0.3) is 5.57 Å². The molecule has 0 aliphatic carbocycles. The number of rotatable bonds is 3. The van der Waals surface area contributed by atoms with Gasteiger partial charge in [-0.15, -0.1) is 11.3 Å². The highest BCUT2D eigenvalue weighted by Crippen LogP contribution is 2.52. The standard InChI is InChI=1S/C26H27ClF2N2OS/c1-17-5-3-4-6-21(17)19-7-8-20(18(2)30-14-19)15-31-11-9-25(10-12-31)24-22(13-23(27)33-24)26(28,29)16-32-25/h3-6,8,13-14H,7,9-12,15-16H2,1-2H3. The topological polar surface area (TPSA) is 24.8 Å². The van der Waals surface area contributed by atoms with E-state index in [2.05, 4.69) is 49.1 Å². The van der Waals surface area contributed by atoms with Gasteiger partial charge in [0.25, 0.3) is 5.92 Å². The molecule has 4 heterocycles. The lowest BCUT2D eigenvalue weighted by Crippen LogP contribution is -2.49. The van der Waals surface area contributed by atoms with Crippen LogP contribution in [-0.4, -0.2) is 36.9 Å². The number of benzene rings is 1. The van der Waals surface area contributed by atoms with Crippen molar-refractivity contribution < 1.29 is 13.5 Å². The van der Waals surface area contributed by atoms with Crippen LogP contribution in [0.15, 0.2) is 53.2 Å². The third kappa shape index (κ3) is 4.34. The van der Waals surface area contributed by atoms with E-state index in [9.17, 15) is 8.78 Å². The Bertz CT molecular complexity index is 1160. The minimum absolute atomic E-state index is 0.0569. The summed E-state index contributed by atoms with van der Waals surface area (Å²) in [4.78, 5) is 7.73. The first-order chi connectivity index (χ1) is 15.8. The monoisotopic (exact) mass is 488 g/mol. The zero-order valence-electron chi connectivity index (χ0n) is 18.8. The van der Waals surface area contributed by atoms with E-state index in [-0.39, 0.29) is 5.56 Å². The molecule has 0 radical (unpaired) electrons.